The molecule has 0 aliphatic rings. The molecule has 2 aromatic carbocycles. The summed E-state index contributed by atoms with van der Waals surface area (Å²) in [6.07, 6.45) is 10.6. The average molecular weight is 862 g/mol. The molecule has 8 rings (SSSR count). The second-order valence-corrected chi connectivity index (χ2v) is 10.3. The van der Waals surface area contributed by atoms with Gasteiger partial charge in [-0.25, -0.2) is 9.97 Å². The van der Waals surface area contributed by atoms with Crippen LogP contribution in [0, 0.1) is 0 Å². The van der Waals surface area contributed by atoms with Crippen LogP contribution >= 0.6 is 0 Å². The van der Waals surface area contributed by atoms with Gasteiger partial charge in [-0.1, -0.05) is 0 Å². The summed E-state index contributed by atoms with van der Waals surface area (Å²) in [5.41, 5.74) is 7.59. The molecule has 0 fully saturated rings. The quantitative estimate of drug-likeness (QED) is 0.0515. The molecule has 18 N–H and O–H groups in total. The number of aromatic nitrogens is 8. The fourth-order valence-electron chi connectivity index (χ4n) is 4.57. The summed E-state index contributed by atoms with van der Waals surface area (Å²) < 4.78 is 68.2. The predicted octanol–water partition coefficient (Wildman–Crippen LogP) is -2.70. The minimum atomic E-state index is -5.17. The summed E-state index contributed by atoms with van der Waals surface area (Å²) in [6, 6.07) is 15.8. The molecule has 0 saturated carbocycles. The summed E-state index contributed by atoms with van der Waals surface area (Å²) in [5, 5.41) is 4.20. The van der Waals surface area contributed by atoms with Crippen LogP contribution in [0.1, 0.15) is 0 Å². The minimum absolute atomic E-state index is 0. The summed E-state index contributed by atoms with van der Waals surface area (Å²) in [7, 11) is -10.3. The molecular formula is C26H32N8Ni2O14S2+4. The third-order valence-electron chi connectivity index (χ3n) is 6.01. The summed E-state index contributed by atoms with van der Waals surface area (Å²) in [5.74, 6) is 0. The molecule has 52 heavy (non-hydrogen) atoms. The van der Waals surface area contributed by atoms with E-state index in [0.717, 1.165) is 65.7 Å². The number of nitrogens with one attached hydrogen (secondary N) is 2. The van der Waals surface area contributed by atoms with Gasteiger partial charge in [-0.15, -0.1) is 0 Å². The summed E-state index contributed by atoms with van der Waals surface area (Å²) in [6.45, 7) is 0. The van der Waals surface area contributed by atoms with Crippen molar-refractivity contribution in [1.29, 1.82) is 0 Å². The molecule has 8 aromatic rings. The molecule has 0 spiro atoms. The third kappa shape index (κ3) is 12.9. The monoisotopic (exact) mass is 860 g/mol. The topological polar surface area (TPSA) is 464 Å². The van der Waals surface area contributed by atoms with Gasteiger partial charge in [0.1, 0.15) is 0 Å². The number of rotatable bonds is 0. The number of benzene rings is 2. The van der Waals surface area contributed by atoms with Crippen LogP contribution in [-0.2, 0) is 75.7 Å². The molecule has 288 valence electrons. The van der Waals surface area contributed by atoms with Gasteiger partial charge in [0, 0.05) is 67.1 Å². The maximum atomic E-state index is 8.52. The largest absolute Gasteiger partial charge is 2.00 e. The Morgan fingerprint density at radius 3 is 0.923 bits per heavy atom. The molecular weight excluding hydrogens is 830 g/mol. The standard InChI is InChI=1S/2C13H8N4.2Ni.2H2O4S.6H2O/c2*1-3-8-10(14-5-1)11-9(4-2-6-15-11)13-12(8)16-7-17-13;;;2*1-5(2,3)4;;;;;;/h2*1-7H,(H,16,17);;;2*(H2,1,2,3,4);6*1H2/q;;2*+2;;;;;;;;. The smallest absolute Gasteiger partial charge is 0.759 e. The molecule has 0 unspecified atom stereocenters. The number of H-pyrrole nitrogens is 2. The van der Waals surface area contributed by atoms with Gasteiger partial charge in [0.25, 0.3) is 0 Å². The fourth-order valence-corrected chi connectivity index (χ4v) is 4.57. The van der Waals surface area contributed by atoms with Crippen molar-refractivity contribution in [3.8, 4) is 0 Å². The maximum Gasteiger partial charge on any atom is 2.00 e. The van der Waals surface area contributed by atoms with E-state index in [0.29, 0.717) is 0 Å². The van der Waals surface area contributed by atoms with Crippen LogP contribution in [0.5, 0.6) is 0 Å². The molecule has 0 bridgehead atoms. The predicted molar refractivity (Wildman–Crippen MR) is 181 cm³/mol. The van der Waals surface area contributed by atoms with Crippen molar-refractivity contribution >= 4 is 86.5 Å². The SMILES string of the molecule is O.O.O=S(=O)([O-])[O-].O=S(=O)([O-])[O-].[Ni+2].[Ni+2].[OH3+].[OH3+].[OH3+].[OH3+].c1cnc2c(c1)c1nc[nH]c1c1cccnc12.c1cnc2c(c1)c1nc[nH]c1c1cccnc12. The van der Waals surface area contributed by atoms with E-state index in [1.54, 1.807) is 37.4 Å². The van der Waals surface area contributed by atoms with E-state index in [9.17, 15) is 0 Å². The van der Waals surface area contributed by atoms with Gasteiger partial charge in [-0.2, -0.15) is 0 Å². The molecule has 0 radical (unpaired) electrons. The minimum Gasteiger partial charge on any atom is -0.759 e. The number of aromatic amines is 2. The number of pyridine rings is 4. The van der Waals surface area contributed by atoms with Crippen molar-refractivity contribution < 1.29 is 101 Å². The van der Waals surface area contributed by atoms with Crippen molar-refractivity contribution in [1.82, 2.24) is 39.9 Å². The van der Waals surface area contributed by atoms with E-state index >= 15 is 0 Å². The Hall–Kier alpha value is -4.49. The Balaban J connectivity index is -0.000000315. The van der Waals surface area contributed by atoms with Gasteiger partial charge in [0.2, 0.25) is 0 Å². The number of hydrogen-bond donors (Lipinski definition) is 2. The van der Waals surface area contributed by atoms with Crippen LogP contribution in [0.25, 0.3) is 65.7 Å². The van der Waals surface area contributed by atoms with Crippen LogP contribution < -0.4 is 0 Å². The zero-order chi connectivity index (χ0) is 31.5. The molecule has 0 amide bonds. The maximum absolute atomic E-state index is 8.52. The molecule has 0 atom stereocenters. The zero-order valence-corrected chi connectivity index (χ0v) is 29.4. The van der Waals surface area contributed by atoms with Gasteiger partial charge in [0.05, 0.1) is 56.8 Å². The van der Waals surface area contributed by atoms with E-state index in [1.165, 1.54) is 0 Å². The molecule has 26 heteroatoms. The first-order valence-corrected chi connectivity index (χ1v) is 14.8. The van der Waals surface area contributed by atoms with Gasteiger partial charge in [-0.3, -0.25) is 36.8 Å². The van der Waals surface area contributed by atoms with Crippen LogP contribution in [0.15, 0.2) is 86.0 Å². The number of imidazole rings is 2. The van der Waals surface area contributed by atoms with E-state index < -0.39 is 20.8 Å². The van der Waals surface area contributed by atoms with Gasteiger partial charge < -0.3 is 61.0 Å². The molecule has 22 nitrogen and oxygen atoms in total. The summed E-state index contributed by atoms with van der Waals surface area (Å²) in [4.78, 5) is 32.8. The molecule has 0 saturated heterocycles. The van der Waals surface area contributed by atoms with Crippen molar-refractivity contribution in [3.05, 3.63) is 86.0 Å². The molecule has 6 aromatic heterocycles. The van der Waals surface area contributed by atoms with Gasteiger partial charge >= 0.3 is 33.0 Å². The van der Waals surface area contributed by atoms with Crippen LogP contribution in [-0.4, -0.2) is 85.9 Å². The van der Waals surface area contributed by atoms with Crippen LogP contribution in [0.3, 0.4) is 0 Å². The number of fused-ring (bicyclic) bond motifs is 12. The van der Waals surface area contributed by atoms with Crippen molar-refractivity contribution in [2.75, 3.05) is 0 Å². The normalized spacial score (nSPS) is 9.77. The first-order valence-electron chi connectivity index (χ1n) is 12.1. The van der Waals surface area contributed by atoms with Gasteiger partial charge in [-0.05, 0) is 48.5 Å². The van der Waals surface area contributed by atoms with E-state index in [-0.39, 0.29) is 65.8 Å². The Morgan fingerprint density at radius 2 is 0.654 bits per heavy atom. The molecule has 6 heterocycles. The second kappa shape index (κ2) is 22.4. The Kier molecular flexibility index (Phi) is 23.4. The molecule has 0 aliphatic heterocycles. The van der Waals surface area contributed by atoms with Crippen molar-refractivity contribution in [2.45, 2.75) is 0 Å². The van der Waals surface area contributed by atoms with Gasteiger partial charge in [0.15, 0.2) is 0 Å². The average Bonchev–Trinajstić information content (AvgIpc) is 3.68. The zero-order valence-electron chi connectivity index (χ0n) is 25.8. The van der Waals surface area contributed by atoms with Crippen molar-refractivity contribution in [3.63, 3.8) is 0 Å². The van der Waals surface area contributed by atoms with Crippen LogP contribution in [0.2, 0.25) is 0 Å². The fraction of sp³-hybridized carbons (Fsp3) is 0. The molecule has 0 aliphatic carbocycles. The first kappa shape index (κ1) is 54.3. The number of nitrogens with zero attached hydrogens (tertiary/aromatic N) is 6. The van der Waals surface area contributed by atoms with E-state index in [4.69, 9.17) is 35.0 Å². The second-order valence-electron chi connectivity index (χ2n) is 8.67. The van der Waals surface area contributed by atoms with E-state index in [1.807, 2.05) is 48.5 Å². The first-order chi connectivity index (χ1) is 20.9. The Labute approximate surface area is 312 Å². The van der Waals surface area contributed by atoms with Crippen molar-refractivity contribution in [2.24, 2.45) is 0 Å². The third-order valence-corrected chi connectivity index (χ3v) is 6.01. The van der Waals surface area contributed by atoms with E-state index in [2.05, 4.69) is 39.9 Å². The Bertz CT molecular complexity index is 2200. The Morgan fingerprint density at radius 1 is 0.423 bits per heavy atom. The van der Waals surface area contributed by atoms with Crippen LogP contribution in [0.4, 0.5) is 0 Å². The summed E-state index contributed by atoms with van der Waals surface area (Å²) >= 11 is 0. The number of hydrogen-bond acceptors (Lipinski definition) is 14.